The molecule has 3 N–H and O–H groups in total. The van der Waals surface area contributed by atoms with E-state index in [1.807, 2.05) is 0 Å². The van der Waals surface area contributed by atoms with Crippen LogP contribution in [0.2, 0.25) is 0 Å². The number of halogens is 6. The number of fused-ring (bicyclic) bond motifs is 1. The van der Waals surface area contributed by atoms with Crippen LogP contribution in [-0.2, 0) is 47.4 Å². The van der Waals surface area contributed by atoms with Gasteiger partial charge in [-0.2, -0.15) is 26.3 Å². The van der Waals surface area contributed by atoms with Gasteiger partial charge >= 0.3 is 30.2 Å². The minimum atomic E-state index is -5.39. The fourth-order valence-electron chi connectivity index (χ4n) is 3.92. The molecule has 2 amide bonds. The number of benzene rings is 2. The number of esters is 2. The fourth-order valence-corrected chi connectivity index (χ4v) is 3.92. The van der Waals surface area contributed by atoms with E-state index in [0.29, 0.717) is 11.1 Å². The molecule has 0 fully saturated rings. The molecule has 3 rings (SSSR count). The topological polar surface area (TPSA) is 136 Å². The van der Waals surface area contributed by atoms with E-state index in [1.54, 1.807) is 5.32 Å². The zero-order chi connectivity index (χ0) is 31.4. The normalized spacial score (nSPS) is 12.4. The molecule has 3 aromatic rings. The van der Waals surface area contributed by atoms with E-state index in [2.05, 4.69) is 19.8 Å². The van der Waals surface area contributed by atoms with Crippen LogP contribution in [0, 0.1) is 0 Å². The maximum atomic E-state index is 14.0. The largest absolute Gasteiger partial charge is 0.467 e. The Labute approximate surface area is 233 Å². The van der Waals surface area contributed by atoms with Gasteiger partial charge in [0.25, 0.3) is 0 Å². The number of alkyl halides is 6. The summed E-state index contributed by atoms with van der Waals surface area (Å²) in [5, 5.41) is 4.35. The summed E-state index contributed by atoms with van der Waals surface area (Å²) in [6.45, 7) is 2.25. The quantitative estimate of drug-likeness (QED) is 0.193. The molecule has 0 radical (unpaired) electrons. The molecule has 0 aliphatic rings. The Morgan fingerprint density at radius 3 is 2.12 bits per heavy atom. The number of H-pyrrole nitrogens is 1. The Bertz CT molecular complexity index is 1480. The molecule has 1 unspecified atom stereocenters. The van der Waals surface area contributed by atoms with Gasteiger partial charge in [-0.05, 0) is 42.8 Å². The molecular formula is C26H23F6N3O7. The summed E-state index contributed by atoms with van der Waals surface area (Å²) in [6.07, 6.45) is -9.48. The van der Waals surface area contributed by atoms with E-state index < -0.39 is 70.5 Å². The molecule has 0 saturated heterocycles. The van der Waals surface area contributed by atoms with Gasteiger partial charge in [0.2, 0.25) is 5.91 Å². The van der Waals surface area contributed by atoms with Crippen LogP contribution >= 0.6 is 0 Å². The number of carbonyl (C=O) groups is 4. The van der Waals surface area contributed by atoms with Crippen molar-refractivity contribution in [1.82, 2.24) is 10.3 Å². The second-order valence-corrected chi connectivity index (χ2v) is 8.67. The van der Waals surface area contributed by atoms with Crippen LogP contribution in [-0.4, -0.2) is 48.5 Å². The first-order valence-electron chi connectivity index (χ1n) is 12.0. The van der Waals surface area contributed by atoms with Gasteiger partial charge in [-0.1, -0.05) is 0 Å². The molecule has 0 bridgehead atoms. The molecular weight excluding hydrogens is 580 g/mol. The minimum absolute atomic E-state index is 0.133. The highest BCUT2D eigenvalue weighted by Gasteiger charge is 2.43. The number of anilines is 1. The third kappa shape index (κ3) is 7.50. The molecule has 1 heterocycles. The van der Waals surface area contributed by atoms with Gasteiger partial charge < -0.3 is 29.8 Å². The predicted octanol–water partition coefficient (Wildman–Crippen LogP) is 4.72. The monoisotopic (exact) mass is 603 g/mol. The highest BCUT2D eigenvalue weighted by atomic mass is 19.4. The SMILES string of the molecule is CCOC(=O)C(=O)Nc1cc(C(F)(F)F)c(Oc2ccc3[nH]cc(CC(NC(C)=O)C(=O)OC)c3c2)c(C(F)(F)F)c1. The number of ether oxygens (including phenoxy) is 3. The van der Waals surface area contributed by atoms with Crippen LogP contribution < -0.4 is 15.4 Å². The molecule has 16 heteroatoms. The lowest BCUT2D eigenvalue weighted by molar-refractivity contribution is -0.152. The number of nitrogens with one attached hydrogen (secondary N) is 3. The van der Waals surface area contributed by atoms with Crippen molar-refractivity contribution in [2.24, 2.45) is 0 Å². The zero-order valence-electron chi connectivity index (χ0n) is 22.1. The van der Waals surface area contributed by atoms with Crippen molar-refractivity contribution in [3.05, 3.63) is 53.2 Å². The molecule has 1 aromatic heterocycles. The summed E-state index contributed by atoms with van der Waals surface area (Å²) in [6, 6.07) is 2.84. The summed E-state index contributed by atoms with van der Waals surface area (Å²) in [5.74, 6) is -6.46. The number of hydrogen-bond acceptors (Lipinski definition) is 7. The number of hydrogen-bond donors (Lipinski definition) is 3. The molecule has 0 saturated carbocycles. The summed E-state index contributed by atoms with van der Waals surface area (Å²) in [4.78, 5) is 49.9. The van der Waals surface area contributed by atoms with Gasteiger partial charge in [0, 0.05) is 36.1 Å². The maximum Gasteiger partial charge on any atom is 0.420 e. The van der Waals surface area contributed by atoms with E-state index in [4.69, 9.17) is 4.74 Å². The van der Waals surface area contributed by atoms with Crippen molar-refractivity contribution >= 4 is 40.3 Å². The van der Waals surface area contributed by atoms with Crippen LogP contribution in [0.5, 0.6) is 11.5 Å². The van der Waals surface area contributed by atoms with Gasteiger partial charge in [-0.15, -0.1) is 0 Å². The standard InChI is InChI=1S/C26H23F6N3O7/c1-4-41-24(39)22(37)35-14-8-17(25(27,28)29)21(18(9-14)26(30,31)32)42-15-5-6-19-16(10-15)13(11-33-19)7-20(23(38)40-3)34-12(2)36/h5-6,8-11,20,33H,4,7H2,1-3H3,(H,34,36)(H,35,37). The Morgan fingerprint density at radius 2 is 1.60 bits per heavy atom. The molecule has 0 spiro atoms. The number of rotatable bonds is 8. The zero-order valence-corrected chi connectivity index (χ0v) is 22.1. The highest BCUT2D eigenvalue weighted by molar-refractivity contribution is 6.37. The second-order valence-electron chi connectivity index (χ2n) is 8.67. The van der Waals surface area contributed by atoms with Gasteiger partial charge in [-0.3, -0.25) is 9.59 Å². The number of amides is 2. The Morgan fingerprint density at radius 1 is 0.976 bits per heavy atom. The van der Waals surface area contributed by atoms with Gasteiger partial charge in [-0.25, -0.2) is 9.59 Å². The average molecular weight is 603 g/mol. The molecule has 0 aliphatic heterocycles. The van der Waals surface area contributed by atoms with Crippen molar-refractivity contribution < 1.29 is 59.7 Å². The summed E-state index contributed by atoms with van der Waals surface area (Å²) in [7, 11) is 1.10. The lowest BCUT2D eigenvalue weighted by atomic mass is 10.0. The number of aromatic nitrogens is 1. The first kappa shape index (κ1) is 31.8. The Hall–Kier alpha value is -4.76. The van der Waals surface area contributed by atoms with Crippen molar-refractivity contribution in [1.29, 1.82) is 0 Å². The van der Waals surface area contributed by atoms with Crippen LogP contribution in [0.15, 0.2) is 36.5 Å². The summed E-state index contributed by atoms with van der Waals surface area (Å²) in [5.41, 5.74) is -3.99. The highest BCUT2D eigenvalue weighted by Crippen LogP contribution is 2.47. The molecule has 2 aromatic carbocycles. The lowest BCUT2D eigenvalue weighted by Crippen LogP contribution is -2.41. The van der Waals surface area contributed by atoms with Gasteiger partial charge in [0.05, 0.1) is 13.7 Å². The van der Waals surface area contributed by atoms with Crippen molar-refractivity contribution in [3.8, 4) is 11.5 Å². The fraction of sp³-hybridized carbons (Fsp3) is 0.308. The summed E-state index contributed by atoms with van der Waals surface area (Å²) < 4.78 is 98.3. The Kier molecular flexibility index (Phi) is 9.38. The number of aromatic amines is 1. The van der Waals surface area contributed by atoms with E-state index in [9.17, 15) is 45.5 Å². The van der Waals surface area contributed by atoms with Crippen LogP contribution in [0.3, 0.4) is 0 Å². The van der Waals surface area contributed by atoms with Crippen LogP contribution in [0.4, 0.5) is 32.0 Å². The molecule has 42 heavy (non-hydrogen) atoms. The predicted molar refractivity (Wildman–Crippen MR) is 133 cm³/mol. The van der Waals surface area contributed by atoms with Gasteiger partial charge in [0.15, 0.2) is 5.75 Å². The average Bonchev–Trinajstić information content (AvgIpc) is 3.28. The van der Waals surface area contributed by atoms with Crippen LogP contribution in [0.25, 0.3) is 10.9 Å². The third-order valence-corrected chi connectivity index (χ3v) is 5.66. The van der Waals surface area contributed by atoms with Crippen molar-refractivity contribution in [3.63, 3.8) is 0 Å². The molecule has 10 nitrogen and oxygen atoms in total. The number of methoxy groups -OCH3 is 1. The maximum absolute atomic E-state index is 14.0. The smallest absolute Gasteiger partial charge is 0.420 e. The van der Waals surface area contributed by atoms with Crippen LogP contribution in [0.1, 0.15) is 30.5 Å². The molecule has 0 aliphatic carbocycles. The second kappa shape index (κ2) is 12.4. The van der Waals surface area contributed by atoms with E-state index in [0.717, 1.165) is 19.2 Å². The first-order valence-corrected chi connectivity index (χ1v) is 12.0. The van der Waals surface area contributed by atoms with E-state index in [-0.39, 0.29) is 30.5 Å². The summed E-state index contributed by atoms with van der Waals surface area (Å²) >= 11 is 0. The van der Waals surface area contributed by atoms with E-state index >= 15 is 0 Å². The first-order chi connectivity index (χ1) is 19.5. The van der Waals surface area contributed by atoms with Gasteiger partial charge in [0.1, 0.15) is 22.9 Å². The van der Waals surface area contributed by atoms with Crippen molar-refractivity contribution in [2.75, 3.05) is 19.0 Å². The third-order valence-electron chi connectivity index (χ3n) is 5.66. The molecule has 226 valence electrons. The van der Waals surface area contributed by atoms with E-state index in [1.165, 1.54) is 26.1 Å². The minimum Gasteiger partial charge on any atom is -0.467 e. The number of carbonyl (C=O) groups excluding carboxylic acids is 4. The Balaban J connectivity index is 2.09. The van der Waals surface area contributed by atoms with Crippen molar-refractivity contribution in [2.45, 2.75) is 38.7 Å². The molecule has 1 atom stereocenters. The lowest BCUT2D eigenvalue weighted by Gasteiger charge is -2.21.